The van der Waals surface area contributed by atoms with E-state index in [0.717, 1.165) is 41.6 Å². The molecule has 1 fully saturated rings. The van der Waals surface area contributed by atoms with Gasteiger partial charge in [-0.3, -0.25) is 9.59 Å². The average molecular weight is 402 g/mol. The molecule has 1 heterocycles. The summed E-state index contributed by atoms with van der Waals surface area (Å²) < 4.78 is 2.09. The van der Waals surface area contributed by atoms with Gasteiger partial charge in [-0.15, -0.1) is 10.2 Å². The van der Waals surface area contributed by atoms with Crippen LogP contribution in [0.1, 0.15) is 44.0 Å². The van der Waals surface area contributed by atoms with E-state index >= 15 is 0 Å². The van der Waals surface area contributed by atoms with E-state index < -0.39 is 0 Å². The van der Waals surface area contributed by atoms with Crippen LogP contribution in [0.15, 0.2) is 29.4 Å². The van der Waals surface area contributed by atoms with Crippen molar-refractivity contribution in [3.8, 4) is 0 Å². The number of aromatic nitrogens is 3. The zero-order chi connectivity index (χ0) is 20.3. The maximum atomic E-state index is 12.7. The van der Waals surface area contributed by atoms with Gasteiger partial charge in [0.05, 0.1) is 11.8 Å². The molecule has 0 unspecified atom stereocenters. The van der Waals surface area contributed by atoms with Crippen LogP contribution >= 0.6 is 11.8 Å². The Morgan fingerprint density at radius 3 is 2.57 bits per heavy atom. The van der Waals surface area contributed by atoms with Gasteiger partial charge >= 0.3 is 0 Å². The standard InChI is InChI=1S/C20H27N5O2S/c1-5-25-18(15-8-9-15)22-23-20(25)28-14(3)19(27)24(4)12-17(26)21-16-10-6-13(2)7-11-16/h6-7,10-11,14-15H,5,8-9,12H2,1-4H3,(H,21,26)/t14-/m1/s1. The van der Waals surface area contributed by atoms with Crippen molar-refractivity contribution in [3.05, 3.63) is 35.7 Å². The summed E-state index contributed by atoms with van der Waals surface area (Å²) in [5, 5.41) is 11.8. The summed E-state index contributed by atoms with van der Waals surface area (Å²) >= 11 is 1.40. The highest BCUT2D eigenvalue weighted by Gasteiger charge is 2.31. The van der Waals surface area contributed by atoms with Crippen LogP contribution in [0.2, 0.25) is 0 Å². The second-order valence-electron chi connectivity index (χ2n) is 7.23. The molecular weight excluding hydrogens is 374 g/mol. The summed E-state index contributed by atoms with van der Waals surface area (Å²) in [5.41, 5.74) is 1.85. The zero-order valence-corrected chi connectivity index (χ0v) is 17.6. The van der Waals surface area contributed by atoms with Gasteiger partial charge in [-0.05, 0) is 45.7 Å². The zero-order valence-electron chi connectivity index (χ0n) is 16.8. The average Bonchev–Trinajstić information content (AvgIpc) is 3.43. The maximum absolute atomic E-state index is 12.7. The second-order valence-corrected chi connectivity index (χ2v) is 8.54. The molecule has 28 heavy (non-hydrogen) atoms. The predicted octanol–water partition coefficient (Wildman–Crippen LogP) is 3.06. The van der Waals surface area contributed by atoms with Crippen LogP contribution in [-0.4, -0.2) is 50.3 Å². The van der Waals surface area contributed by atoms with Crippen LogP contribution in [0.25, 0.3) is 0 Å². The lowest BCUT2D eigenvalue weighted by atomic mass is 10.2. The number of carbonyl (C=O) groups excluding carboxylic acids is 2. The van der Waals surface area contributed by atoms with Gasteiger partial charge in [0, 0.05) is 25.2 Å². The van der Waals surface area contributed by atoms with E-state index in [2.05, 4.69) is 27.0 Å². The summed E-state index contributed by atoms with van der Waals surface area (Å²) in [7, 11) is 1.65. The van der Waals surface area contributed by atoms with Crippen molar-refractivity contribution in [2.45, 2.75) is 56.5 Å². The Hall–Kier alpha value is -2.35. The van der Waals surface area contributed by atoms with Crippen LogP contribution in [0.3, 0.4) is 0 Å². The van der Waals surface area contributed by atoms with Gasteiger partial charge in [0.1, 0.15) is 5.82 Å². The third-order valence-electron chi connectivity index (χ3n) is 4.73. The molecule has 2 amide bonds. The first-order chi connectivity index (χ1) is 13.4. The number of nitrogens with one attached hydrogen (secondary N) is 1. The Balaban J connectivity index is 1.55. The van der Waals surface area contributed by atoms with Crippen LogP contribution in [0.4, 0.5) is 5.69 Å². The van der Waals surface area contributed by atoms with E-state index in [4.69, 9.17) is 0 Å². The molecule has 1 atom stereocenters. The fourth-order valence-corrected chi connectivity index (χ4v) is 4.01. The van der Waals surface area contributed by atoms with Crippen LogP contribution in [-0.2, 0) is 16.1 Å². The largest absolute Gasteiger partial charge is 0.335 e. The van der Waals surface area contributed by atoms with Crippen LogP contribution in [0, 0.1) is 6.92 Å². The molecule has 7 nitrogen and oxygen atoms in total. The monoisotopic (exact) mass is 401 g/mol. The molecule has 8 heteroatoms. The van der Waals surface area contributed by atoms with Crippen molar-refractivity contribution < 1.29 is 9.59 Å². The van der Waals surface area contributed by atoms with E-state index in [1.165, 1.54) is 16.7 Å². The minimum Gasteiger partial charge on any atom is -0.335 e. The number of nitrogens with zero attached hydrogens (tertiary/aromatic N) is 4. The molecule has 1 aromatic heterocycles. The summed E-state index contributed by atoms with van der Waals surface area (Å²) in [5.74, 6) is 1.21. The molecule has 1 N–H and O–H groups in total. The fraction of sp³-hybridized carbons (Fsp3) is 0.500. The number of anilines is 1. The number of aryl methyl sites for hydroxylation is 1. The minimum absolute atomic E-state index is 0.00536. The molecule has 2 aromatic rings. The highest BCUT2D eigenvalue weighted by Crippen LogP contribution is 2.40. The lowest BCUT2D eigenvalue weighted by Gasteiger charge is -2.20. The van der Waals surface area contributed by atoms with Crippen LogP contribution in [0.5, 0.6) is 0 Å². The summed E-state index contributed by atoms with van der Waals surface area (Å²) in [6.07, 6.45) is 2.33. The van der Waals surface area contributed by atoms with Gasteiger partial charge in [0.15, 0.2) is 5.16 Å². The van der Waals surface area contributed by atoms with Gasteiger partial charge in [-0.1, -0.05) is 29.5 Å². The van der Waals surface area contributed by atoms with Crippen molar-refractivity contribution in [1.82, 2.24) is 19.7 Å². The highest BCUT2D eigenvalue weighted by atomic mass is 32.2. The predicted molar refractivity (Wildman–Crippen MR) is 110 cm³/mol. The smallest absolute Gasteiger partial charge is 0.243 e. The molecule has 1 saturated carbocycles. The molecule has 3 rings (SSSR count). The number of likely N-dealkylation sites (N-methyl/N-ethyl adjacent to an activating group) is 1. The Kier molecular flexibility index (Phi) is 6.39. The van der Waals surface area contributed by atoms with Gasteiger partial charge in [0.2, 0.25) is 11.8 Å². The number of benzene rings is 1. The first-order valence-electron chi connectivity index (χ1n) is 9.60. The second kappa shape index (κ2) is 8.77. The molecule has 0 radical (unpaired) electrons. The quantitative estimate of drug-likeness (QED) is 0.688. The van der Waals surface area contributed by atoms with Gasteiger partial charge < -0.3 is 14.8 Å². The third kappa shape index (κ3) is 4.92. The minimum atomic E-state index is -0.348. The maximum Gasteiger partial charge on any atom is 0.243 e. The topological polar surface area (TPSA) is 80.1 Å². The Morgan fingerprint density at radius 1 is 1.29 bits per heavy atom. The number of rotatable bonds is 8. The molecule has 0 saturated heterocycles. The molecule has 150 valence electrons. The number of amides is 2. The van der Waals surface area contributed by atoms with Crippen LogP contribution < -0.4 is 5.32 Å². The van der Waals surface area contributed by atoms with Gasteiger partial charge in [-0.25, -0.2) is 0 Å². The summed E-state index contributed by atoms with van der Waals surface area (Å²) in [4.78, 5) is 26.4. The van der Waals surface area contributed by atoms with E-state index in [1.54, 1.807) is 7.05 Å². The number of carbonyl (C=O) groups is 2. The number of thioether (sulfide) groups is 1. The Morgan fingerprint density at radius 2 is 1.96 bits per heavy atom. The normalized spacial score (nSPS) is 14.6. The molecule has 1 aromatic carbocycles. The van der Waals surface area contributed by atoms with E-state index in [1.807, 2.05) is 38.1 Å². The third-order valence-corrected chi connectivity index (χ3v) is 5.79. The van der Waals surface area contributed by atoms with E-state index in [9.17, 15) is 9.59 Å². The van der Waals surface area contributed by atoms with Crippen molar-refractivity contribution in [2.24, 2.45) is 0 Å². The van der Waals surface area contributed by atoms with Crippen molar-refractivity contribution in [1.29, 1.82) is 0 Å². The van der Waals surface area contributed by atoms with E-state index in [0.29, 0.717) is 5.92 Å². The van der Waals surface area contributed by atoms with Gasteiger partial charge in [0.25, 0.3) is 0 Å². The first-order valence-corrected chi connectivity index (χ1v) is 10.5. The molecule has 1 aliphatic carbocycles. The fourth-order valence-electron chi connectivity index (χ4n) is 2.98. The molecule has 1 aliphatic rings. The van der Waals surface area contributed by atoms with Crippen molar-refractivity contribution in [3.63, 3.8) is 0 Å². The number of hydrogen-bond acceptors (Lipinski definition) is 5. The Bertz CT molecular complexity index is 845. The van der Waals surface area contributed by atoms with Crippen molar-refractivity contribution >= 4 is 29.3 Å². The van der Waals surface area contributed by atoms with Crippen molar-refractivity contribution in [2.75, 3.05) is 18.9 Å². The van der Waals surface area contributed by atoms with Gasteiger partial charge in [-0.2, -0.15) is 0 Å². The molecular formula is C20H27N5O2S. The molecule has 0 spiro atoms. The van der Waals surface area contributed by atoms with E-state index in [-0.39, 0.29) is 23.6 Å². The first kappa shape index (κ1) is 20.4. The number of hydrogen-bond donors (Lipinski definition) is 1. The highest BCUT2D eigenvalue weighted by molar-refractivity contribution is 8.00. The SMILES string of the molecule is CCn1c(S[C@H](C)C(=O)N(C)CC(=O)Nc2ccc(C)cc2)nnc1C1CC1. The molecule has 0 aliphatic heterocycles. The Labute approximate surface area is 169 Å². The summed E-state index contributed by atoms with van der Waals surface area (Å²) in [6.45, 7) is 6.69. The summed E-state index contributed by atoms with van der Waals surface area (Å²) in [6, 6.07) is 7.57. The lowest BCUT2D eigenvalue weighted by molar-refractivity contribution is -0.132. The molecule has 0 bridgehead atoms. The lowest BCUT2D eigenvalue weighted by Crippen LogP contribution is -2.39.